The van der Waals surface area contributed by atoms with Gasteiger partial charge in [-0.25, -0.2) is 0 Å². The molecule has 0 spiro atoms. The normalized spacial score (nSPS) is 10.1. The SMILES string of the molecule is CCN(CC)c1cc(CC(=O)O)no1. The quantitative estimate of drug-likeness (QED) is 0.768. The third-order valence-corrected chi connectivity index (χ3v) is 1.95. The summed E-state index contributed by atoms with van der Waals surface area (Å²) in [6.07, 6.45) is -0.0925. The number of aromatic nitrogens is 1. The molecule has 1 aromatic rings. The van der Waals surface area contributed by atoms with E-state index in [1.54, 1.807) is 6.07 Å². The van der Waals surface area contributed by atoms with Crippen LogP contribution in [0.4, 0.5) is 5.88 Å². The van der Waals surface area contributed by atoms with Gasteiger partial charge in [-0.15, -0.1) is 0 Å². The lowest BCUT2D eigenvalue weighted by Gasteiger charge is -2.15. The van der Waals surface area contributed by atoms with Crippen LogP contribution in [0.15, 0.2) is 10.6 Å². The van der Waals surface area contributed by atoms with Crippen molar-refractivity contribution in [2.75, 3.05) is 18.0 Å². The average molecular weight is 198 g/mol. The van der Waals surface area contributed by atoms with Crippen molar-refractivity contribution in [1.29, 1.82) is 0 Å². The maximum absolute atomic E-state index is 10.4. The Morgan fingerprint density at radius 2 is 2.21 bits per heavy atom. The minimum absolute atomic E-state index is 0.0925. The van der Waals surface area contributed by atoms with E-state index in [0.717, 1.165) is 13.1 Å². The predicted molar refractivity (Wildman–Crippen MR) is 51.4 cm³/mol. The Labute approximate surface area is 82.3 Å². The molecule has 0 aliphatic carbocycles. The van der Waals surface area contributed by atoms with Gasteiger partial charge in [0.05, 0.1) is 12.1 Å². The Morgan fingerprint density at radius 1 is 1.57 bits per heavy atom. The second-order valence-electron chi connectivity index (χ2n) is 2.90. The van der Waals surface area contributed by atoms with Crippen LogP contribution in [0.5, 0.6) is 0 Å². The summed E-state index contributed by atoms with van der Waals surface area (Å²) < 4.78 is 5.02. The molecule has 0 unspecified atom stereocenters. The van der Waals surface area contributed by atoms with Gasteiger partial charge in [-0.2, -0.15) is 0 Å². The topological polar surface area (TPSA) is 66.6 Å². The van der Waals surface area contributed by atoms with E-state index >= 15 is 0 Å². The number of nitrogens with zero attached hydrogens (tertiary/aromatic N) is 2. The van der Waals surface area contributed by atoms with Crippen LogP contribution in [0, 0.1) is 0 Å². The van der Waals surface area contributed by atoms with Crippen LogP contribution in [0.1, 0.15) is 19.5 Å². The highest BCUT2D eigenvalue weighted by atomic mass is 16.5. The van der Waals surface area contributed by atoms with Crippen LogP contribution in [0.3, 0.4) is 0 Å². The molecule has 0 amide bonds. The van der Waals surface area contributed by atoms with E-state index in [-0.39, 0.29) is 6.42 Å². The van der Waals surface area contributed by atoms with Gasteiger partial charge in [0.2, 0.25) is 5.88 Å². The van der Waals surface area contributed by atoms with Gasteiger partial charge in [-0.3, -0.25) is 4.79 Å². The highest BCUT2D eigenvalue weighted by Crippen LogP contribution is 2.15. The van der Waals surface area contributed by atoms with Gasteiger partial charge in [0.1, 0.15) is 0 Å². The minimum atomic E-state index is -0.899. The Bertz CT molecular complexity index is 305. The van der Waals surface area contributed by atoms with E-state index in [1.807, 2.05) is 18.7 Å². The molecular weight excluding hydrogens is 184 g/mol. The van der Waals surface area contributed by atoms with E-state index in [1.165, 1.54) is 0 Å². The zero-order valence-electron chi connectivity index (χ0n) is 8.36. The van der Waals surface area contributed by atoms with Crippen LogP contribution in [-0.2, 0) is 11.2 Å². The summed E-state index contributed by atoms with van der Waals surface area (Å²) in [5, 5.41) is 12.2. The monoisotopic (exact) mass is 198 g/mol. The summed E-state index contributed by atoms with van der Waals surface area (Å²) in [4.78, 5) is 12.4. The van der Waals surface area contributed by atoms with Gasteiger partial charge in [-0.05, 0) is 13.8 Å². The lowest BCUT2D eigenvalue weighted by atomic mass is 10.3. The van der Waals surface area contributed by atoms with Crippen molar-refractivity contribution in [3.8, 4) is 0 Å². The van der Waals surface area contributed by atoms with E-state index < -0.39 is 5.97 Å². The predicted octanol–water partition coefficient (Wildman–Crippen LogP) is 1.15. The zero-order valence-corrected chi connectivity index (χ0v) is 8.36. The average Bonchev–Trinajstić information content (AvgIpc) is 2.54. The Hall–Kier alpha value is -1.52. The van der Waals surface area contributed by atoms with Gasteiger partial charge < -0.3 is 14.5 Å². The van der Waals surface area contributed by atoms with Gasteiger partial charge in [0, 0.05) is 19.2 Å². The first-order chi connectivity index (χ1) is 6.67. The summed E-state index contributed by atoms with van der Waals surface area (Å²) >= 11 is 0. The van der Waals surface area contributed by atoms with Crippen LogP contribution < -0.4 is 4.90 Å². The first-order valence-electron chi connectivity index (χ1n) is 4.59. The first-order valence-corrected chi connectivity index (χ1v) is 4.59. The van der Waals surface area contributed by atoms with Crippen molar-refractivity contribution in [1.82, 2.24) is 5.16 Å². The summed E-state index contributed by atoms with van der Waals surface area (Å²) in [6.45, 7) is 5.64. The highest BCUT2D eigenvalue weighted by molar-refractivity contribution is 5.69. The third-order valence-electron chi connectivity index (χ3n) is 1.95. The molecule has 0 radical (unpaired) electrons. The molecule has 0 saturated carbocycles. The van der Waals surface area contributed by atoms with Gasteiger partial charge in [0.25, 0.3) is 0 Å². The number of rotatable bonds is 5. The fourth-order valence-electron chi connectivity index (χ4n) is 1.22. The molecule has 78 valence electrons. The first kappa shape index (κ1) is 10.6. The third kappa shape index (κ3) is 2.48. The van der Waals surface area contributed by atoms with Crippen LogP contribution in [0.25, 0.3) is 0 Å². The molecule has 0 aliphatic rings. The van der Waals surface area contributed by atoms with E-state index in [2.05, 4.69) is 5.16 Å². The lowest BCUT2D eigenvalue weighted by Crippen LogP contribution is -2.21. The van der Waals surface area contributed by atoms with Crippen molar-refractivity contribution < 1.29 is 14.4 Å². The van der Waals surface area contributed by atoms with Crippen molar-refractivity contribution in [3.63, 3.8) is 0 Å². The largest absolute Gasteiger partial charge is 0.481 e. The molecule has 1 heterocycles. The molecule has 0 atom stereocenters. The fraction of sp³-hybridized carbons (Fsp3) is 0.556. The molecule has 5 nitrogen and oxygen atoms in total. The summed E-state index contributed by atoms with van der Waals surface area (Å²) in [6, 6.07) is 1.67. The van der Waals surface area contributed by atoms with Gasteiger partial charge in [-0.1, -0.05) is 5.16 Å². The number of carboxylic acid groups (broad SMARTS) is 1. The van der Waals surface area contributed by atoms with Crippen molar-refractivity contribution in [2.24, 2.45) is 0 Å². The number of hydrogen-bond donors (Lipinski definition) is 1. The molecule has 0 bridgehead atoms. The molecule has 0 aromatic carbocycles. The standard InChI is InChI=1S/C9H14N2O3/c1-3-11(4-2)8-5-7(10-14-8)6-9(12)13/h5H,3-4,6H2,1-2H3,(H,12,13). The Morgan fingerprint density at radius 3 is 2.71 bits per heavy atom. The molecular formula is C9H14N2O3. The molecule has 0 fully saturated rings. The van der Waals surface area contributed by atoms with E-state index in [9.17, 15) is 4.79 Å². The number of carbonyl (C=O) groups is 1. The number of carboxylic acids is 1. The minimum Gasteiger partial charge on any atom is -0.481 e. The van der Waals surface area contributed by atoms with E-state index in [4.69, 9.17) is 9.63 Å². The van der Waals surface area contributed by atoms with Crippen LogP contribution in [0.2, 0.25) is 0 Å². The Balaban J connectivity index is 2.71. The smallest absolute Gasteiger partial charge is 0.309 e. The highest BCUT2D eigenvalue weighted by Gasteiger charge is 2.11. The number of hydrogen-bond acceptors (Lipinski definition) is 4. The molecule has 1 rings (SSSR count). The molecule has 0 saturated heterocycles. The molecule has 5 heteroatoms. The second-order valence-corrected chi connectivity index (χ2v) is 2.90. The van der Waals surface area contributed by atoms with Gasteiger partial charge >= 0.3 is 5.97 Å². The molecule has 1 N–H and O–H groups in total. The maximum atomic E-state index is 10.4. The maximum Gasteiger partial charge on any atom is 0.309 e. The van der Waals surface area contributed by atoms with Crippen molar-refractivity contribution >= 4 is 11.9 Å². The van der Waals surface area contributed by atoms with Crippen LogP contribution >= 0.6 is 0 Å². The zero-order chi connectivity index (χ0) is 10.6. The second kappa shape index (κ2) is 4.64. The van der Waals surface area contributed by atoms with Crippen LogP contribution in [-0.4, -0.2) is 29.3 Å². The van der Waals surface area contributed by atoms with Crippen molar-refractivity contribution in [3.05, 3.63) is 11.8 Å². The molecule has 14 heavy (non-hydrogen) atoms. The lowest BCUT2D eigenvalue weighted by molar-refractivity contribution is -0.136. The summed E-state index contributed by atoms with van der Waals surface area (Å²) in [5.74, 6) is -0.268. The Kier molecular flexibility index (Phi) is 3.50. The molecule has 1 aromatic heterocycles. The number of aliphatic carboxylic acids is 1. The van der Waals surface area contributed by atoms with Crippen molar-refractivity contribution in [2.45, 2.75) is 20.3 Å². The summed E-state index contributed by atoms with van der Waals surface area (Å²) in [5.41, 5.74) is 0.458. The fourth-order valence-corrected chi connectivity index (χ4v) is 1.22. The number of anilines is 1. The van der Waals surface area contributed by atoms with Gasteiger partial charge in [0.15, 0.2) is 0 Å². The van der Waals surface area contributed by atoms with E-state index in [0.29, 0.717) is 11.6 Å². The summed E-state index contributed by atoms with van der Waals surface area (Å²) in [7, 11) is 0. The molecule has 0 aliphatic heterocycles.